The van der Waals surface area contributed by atoms with Crippen LogP contribution in [0.4, 0.5) is 0 Å². The van der Waals surface area contributed by atoms with Crippen molar-refractivity contribution in [3.05, 3.63) is 53.4 Å². The third-order valence-corrected chi connectivity index (χ3v) is 2.74. The van der Waals surface area contributed by atoms with E-state index in [0.29, 0.717) is 0 Å². The highest BCUT2D eigenvalue weighted by atomic mass is 15.0. The summed E-state index contributed by atoms with van der Waals surface area (Å²) in [4.78, 5) is 12.9. The summed E-state index contributed by atoms with van der Waals surface area (Å²) in [5, 5.41) is 3.23. The average molecular weight is 228 g/mol. The van der Waals surface area contributed by atoms with E-state index in [0.717, 1.165) is 17.0 Å². The number of aryl methyl sites for hydroxylation is 2. The molecule has 0 saturated carbocycles. The van der Waals surface area contributed by atoms with Crippen LogP contribution in [0.5, 0.6) is 0 Å². The van der Waals surface area contributed by atoms with E-state index in [2.05, 4.69) is 27.2 Å². The molecule has 2 rings (SSSR count). The molecule has 4 heteroatoms. The molecule has 0 spiro atoms. The third kappa shape index (κ3) is 2.47. The first-order chi connectivity index (χ1) is 8.22. The second-order valence-electron chi connectivity index (χ2n) is 4.07. The smallest absolute Gasteiger partial charge is 0.149 e. The van der Waals surface area contributed by atoms with Crippen LogP contribution in [0.1, 0.15) is 28.6 Å². The molecular weight excluding hydrogens is 212 g/mol. The van der Waals surface area contributed by atoms with Gasteiger partial charge in [0.1, 0.15) is 5.82 Å². The zero-order valence-electron chi connectivity index (χ0n) is 10.3. The van der Waals surface area contributed by atoms with Gasteiger partial charge < -0.3 is 5.32 Å². The van der Waals surface area contributed by atoms with Gasteiger partial charge in [-0.1, -0.05) is 0 Å². The summed E-state index contributed by atoms with van der Waals surface area (Å²) in [6, 6.07) is 1.98. The van der Waals surface area contributed by atoms with Gasteiger partial charge >= 0.3 is 0 Å². The highest BCUT2D eigenvalue weighted by Gasteiger charge is 2.16. The zero-order valence-corrected chi connectivity index (χ0v) is 10.3. The van der Waals surface area contributed by atoms with Crippen molar-refractivity contribution < 1.29 is 0 Å². The van der Waals surface area contributed by atoms with Crippen LogP contribution in [0, 0.1) is 13.8 Å². The Bertz CT molecular complexity index is 493. The molecule has 2 aromatic heterocycles. The van der Waals surface area contributed by atoms with Crippen LogP contribution in [0.15, 0.2) is 30.9 Å². The number of aromatic nitrogens is 3. The minimum absolute atomic E-state index is 0.00991. The minimum Gasteiger partial charge on any atom is -0.307 e. The van der Waals surface area contributed by atoms with Gasteiger partial charge in [-0.3, -0.25) is 4.98 Å². The lowest BCUT2D eigenvalue weighted by atomic mass is 10.0. The Morgan fingerprint density at radius 2 is 1.82 bits per heavy atom. The van der Waals surface area contributed by atoms with Crippen LogP contribution in [-0.2, 0) is 0 Å². The zero-order chi connectivity index (χ0) is 12.3. The summed E-state index contributed by atoms with van der Waals surface area (Å²) in [6.07, 6.45) is 7.32. The standard InChI is InChI=1S/C13H16N4/c1-9-6-16-13(17-7-9)12(14-3)11-8-15-5-4-10(11)2/h4-8,12,14H,1-3H3. The molecule has 0 radical (unpaired) electrons. The van der Waals surface area contributed by atoms with Gasteiger partial charge in [0.15, 0.2) is 0 Å². The Hall–Kier alpha value is -1.81. The molecule has 0 bridgehead atoms. The van der Waals surface area contributed by atoms with Gasteiger partial charge in [-0.05, 0) is 43.7 Å². The van der Waals surface area contributed by atoms with E-state index >= 15 is 0 Å². The molecule has 1 N–H and O–H groups in total. The summed E-state index contributed by atoms with van der Waals surface area (Å²) in [5.41, 5.74) is 3.36. The Morgan fingerprint density at radius 3 is 2.41 bits per heavy atom. The summed E-state index contributed by atoms with van der Waals surface area (Å²) in [5.74, 6) is 0.772. The van der Waals surface area contributed by atoms with E-state index in [9.17, 15) is 0 Å². The first-order valence-corrected chi connectivity index (χ1v) is 5.58. The maximum absolute atomic E-state index is 4.37. The second-order valence-corrected chi connectivity index (χ2v) is 4.07. The third-order valence-electron chi connectivity index (χ3n) is 2.74. The summed E-state index contributed by atoms with van der Waals surface area (Å²) in [7, 11) is 1.90. The topological polar surface area (TPSA) is 50.7 Å². The summed E-state index contributed by atoms with van der Waals surface area (Å²) in [6.45, 7) is 4.04. The molecule has 2 heterocycles. The molecular formula is C13H16N4. The Kier molecular flexibility index (Phi) is 3.44. The molecule has 0 aliphatic rings. The number of hydrogen-bond donors (Lipinski definition) is 1. The van der Waals surface area contributed by atoms with Gasteiger partial charge in [-0.25, -0.2) is 9.97 Å². The number of nitrogens with zero attached hydrogens (tertiary/aromatic N) is 3. The molecule has 17 heavy (non-hydrogen) atoms. The van der Waals surface area contributed by atoms with Gasteiger partial charge in [0.2, 0.25) is 0 Å². The molecule has 0 aliphatic heterocycles. The fraction of sp³-hybridized carbons (Fsp3) is 0.308. The van der Waals surface area contributed by atoms with E-state index in [1.807, 2.05) is 38.6 Å². The predicted molar refractivity (Wildman–Crippen MR) is 66.6 cm³/mol. The van der Waals surface area contributed by atoms with E-state index in [1.54, 1.807) is 6.20 Å². The Morgan fingerprint density at radius 1 is 1.12 bits per heavy atom. The first-order valence-electron chi connectivity index (χ1n) is 5.58. The van der Waals surface area contributed by atoms with Crippen molar-refractivity contribution in [2.75, 3.05) is 7.05 Å². The lowest BCUT2D eigenvalue weighted by molar-refractivity contribution is 0.639. The molecule has 2 aromatic rings. The number of pyridine rings is 1. The van der Waals surface area contributed by atoms with Crippen LogP contribution >= 0.6 is 0 Å². The molecule has 88 valence electrons. The second kappa shape index (κ2) is 5.01. The normalized spacial score (nSPS) is 12.4. The van der Waals surface area contributed by atoms with Gasteiger partial charge in [-0.15, -0.1) is 0 Å². The highest BCUT2D eigenvalue weighted by molar-refractivity contribution is 5.29. The van der Waals surface area contributed by atoms with Crippen molar-refractivity contribution in [3.63, 3.8) is 0 Å². The van der Waals surface area contributed by atoms with E-state index < -0.39 is 0 Å². The van der Waals surface area contributed by atoms with Crippen molar-refractivity contribution in [2.24, 2.45) is 0 Å². The number of hydrogen-bond acceptors (Lipinski definition) is 4. The quantitative estimate of drug-likeness (QED) is 0.870. The molecule has 0 fully saturated rings. The maximum Gasteiger partial charge on any atom is 0.149 e. The van der Waals surface area contributed by atoms with Crippen molar-refractivity contribution in [2.45, 2.75) is 19.9 Å². The van der Waals surface area contributed by atoms with Crippen molar-refractivity contribution in [3.8, 4) is 0 Å². The largest absolute Gasteiger partial charge is 0.307 e. The minimum atomic E-state index is -0.00991. The van der Waals surface area contributed by atoms with Gasteiger partial charge in [0.05, 0.1) is 6.04 Å². The average Bonchev–Trinajstić information content (AvgIpc) is 2.35. The Labute approximate surface area is 101 Å². The molecule has 1 atom stereocenters. The van der Waals surface area contributed by atoms with Gasteiger partial charge in [-0.2, -0.15) is 0 Å². The fourth-order valence-corrected chi connectivity index (χ4v) is 1.75. The first kappa shape index (κ1) is 11.7. The number of rotatable bonds is 3. The van der Waals surface area contributed by atoms with E-state index in [4.69, 9.17) is 0 Å². The van der Waals surface area contributed by atoms with E-state index in [1.165, 1.54) is 5.56 Å². The van der Waals surface area contributed by atoms with Crippen LogP contribution in [0.25, 0.3) is 0 Å². The van der Waals surface area contributed by atoms with Crippen LogP contribution in [-0.4, -0.2) is 22.0 Å². The predicted octanol–water partition coefficient (Wildman–Crippen LogP) is 1.80. The van der Waals surface area contributed by atoms with Crippen molar-refractivity contribution in [1.82, 2.24) is 20.3 Å². The van der Waals surface area contributed by atoms with Crippen molar-refractivity contribution >= 4 is 0 Å². The van der Waals surface area contributed by atoms with Crippen molar-refractivity contribution in [1.29, 1.82) is 0 Å². The van der Waals surface area contributed by atoms with Gasteiger partial charge in [0.25, 0.3) is 0 Å². The molecule has 0 aromatic carbocycles. The highest BCUT2D eigenvalue weighted by Crippen LogP contribution is 2.20. The van der Waals surface area contributed by atoms with E-state index in [-0.39, 0.29) is 6.04 Å². The Balaban J connectivity index is 2.40. The summed E-state index contributed by atoms with van der Waals surface area (Å²) < 4.78 is 0. The fourth-order valence-electron chi connectivity index (χ4n) is 1.75. The molecule has 4 nitrogen and oxygen atoms in total. The van der Waals surface area contributed by atoms with Crippen LogP contribution in [0.3, 0.4) is 0 Å². The maximum atomic E-state index is 4.37. The lowest BCUT2D eigenvalue weighted by Crippen LogP contribution is -2.21. The van der Waals surface area contributed by atoms with Crippen LogP contribution in [0.2, 0.25) is 0 Å². The monoisotopic (exact) mass is 228 g/mol. The molecule has 0 amide bonds. The summed E-state index contributed by atoms with van der Waals surface area (Å²) >= 11 is 0. The molecule has 0 aliphatic carbocycles. The SMILES string of the molecule is CNC(c1ncc(C)cn1)c1cnccc1C. The lowest BCUT2D eigenvalue weighted by Gasteiger charge is -2.16. The number of nitrogens with one attached hydrogen (secondary N) is 1. The van der Waals surface area contributed by atoms with Gasteiger partial charge in [0, 0.05) is 24.8 Å². The van der Waals surface area contributed by atoms with Crippen LogP contribution < -0.4 is 5.32 Å². The molecule has 0 saturated heterocycles. The molecule has 1 unspecified atom stereocenters.